The van der Waals surface area contributed by atoms with E-state index in [4.69, 9.17) is 52.2 Å². The summed E-state index contributed by atoms with van der Waals surface area (Å²) in [6, 6.07) is 10.7. The summed E-state index contributed by atoms with van der Waals surface area (Å²) in [5.74, 6) is 0. The molecule has 0 saturated carbocycles. The van der Waals surface area contributed by atoms with Crippen LogP contribution in [0.3, 0.4) is 0 Å². The molecule has 21 heavy (non-hydrogen) atoms. The van der Waals surface area contributed by atoms with Crippen LogP contribution in [-0.4, -0.2) is 17.5 Å². The molecule has 0 unspecified atom stereocenters. The molecule has 114 valence electrons. The van der Waals surface area contributed by atoms with E-state index in [2.05, 4.69) is 0 Å². The molecule has 2 aromatic carbocycles. The standard InChI is InChI=1S/C12H10Cl2N2.H2O4S/c13-11-5-7(15)1-3-9(11)10-4-2-8(16)6-12(10)14;1-5(2,3)4/h1-6H,15-16H2;(H2,1,2,3,4). The van der Waals surface area contributed by atoms with Crippen molar-refractivity contribution in [1.29, 1.82) is 0 Å². The first-order chi connectivity index (χ1) is 9.58. The van der Waals surface area contributed by atoms with Crippen molar-refractivity contribution in [3.63, 3.8) is 0 Å². The first kappa shape index (κ1) is 17.5. The van der Waals surface area contributed by atoms with E-state index in [9.17, 15) is 0 Å². The smallest absolute Gasteiger partial charge is 0.394 e. The monoisotopic (exact) mass is 350 g/mol. The van der Waals surface area contributed by atoms with Crippen molar-refractivity contribution in [2.75, 3.05) is 11.5 Å². The number of nitrogens with two attached hydrogens (primary N) is 2. The predicted molar refractivity (Wildman–Crippen MR) is 84.9 cm³/mol. The summed E-state index contributed by atoms with van der Waals surface area (Å²) >= 11 is 12.2. The van der Waals surface area contributed by atoms with Crippen LogP contribution < -0.4 is 11.5 Å². The van der Waals surface area contributed by atoms with Gasteiger partial charge in [0.15, 0.2) is 0 Å². The van der Waals surface area contributed by atoms with Crippen molar-refractivity contribution < 1.29 is 17.5 Å². The molecule has 0 aliphatic rings. The molecule has 0 heterocycles. The Morgan fingerprint density at radius 2 is 1.10 bits per heavy atom. The molecule has 0 fully saturated rings. The van der Waals surface area contributed by atoms with Crippen LogP contribution in [-0.2, 0) is 10.4 Å². The maximum absolute atomic E-state index is 8.74. The highest BCUT2D eigenvalue weighted by Crippen LogP contribution is 2.35. The third kappa shape index (κ3) is 6.19. The minimum Gasteiger partial charge on any atom is -0.399 e. The predicted octanol–water partition coefficient (Wildman–Crippen LogP) is 3.17. The minimum atomic E-state index is -4.67. The summed E-state index contributed by atoms with van der Waals surface area (Å²) in [6.07, 6.45) is 0. The average Bonchev–Trinajstić information content (AvgIpc) is 2.28. The Kier molecular flexibility index (Phi) is 5.82. The van der Waals surface area contributed by atoms with Crippen LogP contribution in [0.5, 0.6) is 0 Å². The molecule has 2 rings (SSSR count). The summed E-state index contributed by atoms with van der Waals surface area (Å²) in [5, 5.41) is 1.15. The lowest BCUT2D eigenvalue weighted by atomic mass is 10.0. The van der Waals surface area contributed by atoms with E-state index < -0.39 is 10.4 Å². The number of halogens is 2. The van der Waals surface area contributed by atoms with Crippen LogP contribution in [0.25, 0.3) is 11.1 Å². The fraction of sp³-hybridized carbons (Fsp3) is 0. The fourth-order valence-corrected chi connectivity index (χ4v) is 2.08. The maximum atomic E-state index is 8.74. The van der Waals surface area contributed by atoms with E-state index in [1.807, 2.05) is 12.1 Å². The number of nitrogen functional groups attached to an aromatic ring is 2. The van der Waals surface area contributed by atoms with Gasteiger partial charge in [0.05, 0.1) is 10.0 Å². The second-order valence-electron chi connectivity index (χ2n) is 3.93. The summed E-state index contributed by atoms with van der Waals surface area (Å²) in [5.41, 5.74) is 14.2. The Hall–Kier alpha value is -1.51. The van der Waals surface area contributed by atoms with Crippen molar-refractivity contribution in [2.24, 2.45) is 0 Å². The molecule has 6 N–H and O–H groups in total. The van der Waals surface area contributed by atoms with Crippen molar-refractivity contribution in [2.45, 2.75) is 0 Å². The third-order valence-corrected chi connectivity index (χ3v) is 2.90. The van der Waals surface area contributed by atoms with Crippen LogP contribution in [0, 0.1) is 0 Å². The normalized spacial score (nSPS) is 10.7. The van der Waals surface area contributed by atoms with Gasteiger partial charge in [0, 0.05) is 22.5 Å². The highest BCUT2D eigenvalue weighted by molar-refractivity contribution is 7.79. The number of hydrogen-bond acceptors (Lipinski definition) is 4. The van der Waals surface area contributed by atoms with Crippen LogP contribution in [0.1, 0.15) is 0 Å². The van der Waals surface area contributed by atoms with E-state index in [1.54, 1.807) is 24.3 Å². The quantitative estimate of drug-likeness (QED) is 0.462. The van der Waals surface area contributed by atoms with Gasteiger partial charge in [-0.3, -0.25) is 9.11 Å². The number of benzene rings is 2. The maximum Gasteiger partial charge on any atom is 0.394 e. The average molecular weight is 351 g/mol. The number of rotatable bonds is 1. The molecule has 0 saturated heterocycles. The molecule has 0 amide bonds. The van der Waals surface area contributed by atoms with E-state index >= 15 is 0 Å². The summed E-state index contributed by atoms with van der Waals surface area (Å²) in [6.45, 7) is 0. The van der Waals surface area contributed by atoms with Gasteiger partial charge in [0.2, 0.25) is 0 Å². The zero-order valence-electron chi connectivity index (χ0n) is 10.5. The van der Waals surface area contributed by atoms with Crippen LogP contribution >= 0.6 is 23.2 Å². The number of anilines is 2. The Balaban J connectivity index is 0.000000383. The van der Waals surface area contributed by atoms with Gasteiger partial charge in [-0.1, -0.05) is 35.3 Å². The SMILES string of the molecule is Nc1ccc(-c2ccc(N)cc2Cl)c(Cl)c1.O=S(=O)(O)O. The van der Waals surface area contributed by atoms with Gasteiger partial charge < -0.3 is 11.5 Å². The molecular weight excluding hydrogens is 339 g/mol. The van der Waals surface area contributed by atoms with Gasteiger partial charge in [-0.15, -0.1) is 0 Å². The van der Waals surface area contributed by atoms with Gasteiger partial charge >= 0.3 is 10.4 Å². The van der Waals surface area contributed by atoms with Gasteiger partial charge in [-0.25, -0.2) is 0 Å². The summed E-state index contributed by atoms with van der Waals surface area (Å²) in [4.78, 5) is 0. The Morgan fingerprint density at radius 3 is 1.33 bits per heavy atom. The highest BCUT2D eigenvalue weighted by Gasteiger charge is 2.07. The van der Waals surface area contributed by atoms with E-state index in [0.717, 1.165) is 11.1 Å². The molecule has 0 radical (unpaired) electrons. The molecule has 0 spiro atoms. The van der Waals surface area contributed by atoms with Crippen LogP contribution in [0.2, 0.25) is 10.0 Å². The molecule has 9 heteroatoms. The lowest BCUT2D eigenvalue weighted by molar-refractivity contribution is 0.381. The third-order valence-electron chi connectivity index (χ3n) is 2.28. The number of hydrogen-bond donors (Lipinski definition) is 4. The summed E-state index contributed by atoms with van der Waals surface area (Å²) < 4.78 is 31.6. The Morgan fingerprint density at radius 1 is 0.810 bits per heavy atom. The summed E-state index contributed by atoms with van der Waals surface area (Å²) in [7, 11) is -4.67. The minimum absolute atomic E-state index is 0.576. The topological polar surface area (TPSA) is 127 Å². The van der Waals surface area contributed by atoms with Gasteiger partial charge in [0.1, 0.15) is 0 Å². The second-order valence-corrected chi connectivity index (χ2v) is 5.64. The van der Waals surface area contributed by atoms with Crippen molar-refractivity contribution in [3.05, 3.63) is 46.4 Å². The molecule has 0 aliphatic carbocycles. The van der Waals surface area contributed by atoms with E-state index in [-0.39, 0.29) is 0 Å². The zero-order chi connectivity index (χ0) is 16.2. The van der Waals surface area contributed by atoms with Gasteiger partial charge in [-0.2, -0.15) is 8.42 Å². The molecule has 0 bridgehead atoms. The molecule has 2 aromatic rings. The lowest BCUT2D eigenvalue weighted by Gasteiger charge is -2.08. The Labute approximate surface area is 131 Å². The highest BCUT2D eigenvalue weighted by atomic mass is 35.5. The van der Waals surface area contributed by atoms with Gasteiger partial charge in [0.25, 0.3) is 0 Å². The van der Waals surface area contributed by atoms with Crippen molar-refractivity contribution in [1.82, 2.24) is 0 Å². The zero-order valence-corrected chi connectivity index (χ0v) is 12.8. The molecule has 0 aromatic heterocycles. The first-order valence-electron chi connectivity index (χ1n) is 5.38. The van der Waals surface area contributed by atoms with E-state index in [1.165, 1.54) is 0 Å². The fourth-order valence-electron chi connectivity index (χ4n) is 1.50. The van der Waals surface area contributed by atoms with Crippen LogP contribution in [0.4, 0.5) is 11.4 Å². The van der Waals surface area contributed by atoms with Crippen molar-refractivity contribution >= 4 is 45.0 Å². The lowest BCUT2D eigenvalue weighted by Crippen LogP contribution is -1.89. The van der Waals surface area contributed by atoms with Gasteiger partial charge in [-0.05, 0) is 24.3 Å². The first-order valence-corrected chi connectivity index (χ1v) is 7.53. The van der Waals surface area contributed by atoms with Crippen molar-refractivity contribution in [3.8, 4) is 11.1 Å². The molecule has 0 aliphatic heterocycles. The molecule has 6 nitrogen and oxygen atoms in total. The molecule has 0 atom stereocenters. The second kappa shape index (κ2) is 6.97. The Bertz CT molecular complexity index is 693. The molecular formula is C12H12Cl2N2O4S. The van der Waals surface area contributed by atoms with Crippen LogP contribution in [0.15, 0.2) is 36.4 Å². The van der Waals surface area contributed by atoms with E-state index in [0.29, 0.717) is 21.4 Å². The largest absolute Gasteiger partial charge is 0.399 e.